The zero-order chi connectivity index (χ0) is 11.1. The van der Waals surface area contributed by atoms with E-state index in [0.717, 1.165) is 0 Å². The Morgan fingerprint density at radius 2 is 2.07 bits per heavy atom. The maximum Gasteiger partial charge on any atom is 0.260 e. The molecule has 2 aliphatic heterocycles. The Labute approximate surface area is 88.4 Å². The predicted molar refractivity (Wildman–Crippen MR) is 52.8 cm³/mol. The highest BCUT2D eigenvalue weighted by Gasteiger charge is 2.40. The molecule has 2 fully saturated rings. The van der Waals surface area contributed by atoms with Gasteiger partial charge in [-0.15, -0.1) is 0 Å². The summed E-state index contributed by atoms with van der Waals surface area (Å²) in [5, 5.41) is 0. The number of halogens is 2. The summed E-state index contributed by atoms with van der Waals surface area (Å²) in [6.07, 6.45) is 0.908. The Hall–Kier alpha value is -0.230. The van der Waals surface area contributed by atoms with Crippen LogP contribution >= 0.6 is 0 Å². The van der Waals surface area contributed by atoms with E-state index in [2.05, 4.69) is 0 Å². The molecular formula is C9H15F2NO2S. The van der Waals surface area contributed by atoms with Gasteiger partial charge in [0, 0.05) is 12.5 Å². The number of likely N-dealkylation sites (tertiary alicyclic amines) is 1. The van der Waals surface area contributed by atoms with Crippen LogP contribution in [0.15, 0.2) is 0 Å². The van der Waals surface area contributed by atoms with Crippen LogP contribution in [-0.4, -0.2) is 49.9 Å². The molecule has 0 amide bonds. The van der Waals surface area contributed by atoms with E-state index in [0.29, 0.717) is 19.4 Å². The third-order valence-corrected chi connectivity index (χ3v) is 4.90. The van der Waals surface area contributed by atoms with Crippen molar-refractivity contribution in [2.45, 2.75) is 31.2 Å². The van der Waals surface area contributed by atoms with Gasteiger partial charge in [0.15, 0.2) is 9.84 Å². The molecule has 0 bridgehead atoms. The Morgan fingerprint density at radius 3 is 2.60 bits per heavy atom. The van der Waals surface area contributed by atoms with Crippen LogP contribution in [0.5, 0.6) is 0 Å². The van der Waals surface area contributed by atoms with Crippen LogP contribution < -0.4 is 0 Å². The maximum atomic E-state index is 13.1. The van der Waals surface area contributed by atoms with E-state index < -0.39 is 15.8 Å². The normalized spacial score (nSPS) is 35.5. The van der Waals surface area contributed by atoms with Gasteiger partial charge in [-0.3, -0.25) is 4.90 Å². The lowest BCUT2D eigenvalue weighted by Gasteiger charge is -2.35. The van der Waals surface area contributed by atoms with Crippen LogP contribution in [0.3, 0.4) is 0 Å². The molecule has 0 spiro atoms. The van der Waals surface area contributed by atoms with Crippen LogP contribution in [0.2, 0.25) is 0 Å². The second-order valence-corrected chi connectivity index (χ2v) is 6.72. The van der Waals surface area contributed by atoms with E-state index in [-0.39, 0.29) is 30.5 Å². The summed E-state index contributed by atoms with van der Waals surface area (Å²) in [6.45, 7) is 0.336. The van der Waals surface area contributed by atoms with Gasteiger partial charge in [-0.25, -0.2) is 17.2 Å². The molecule has 2 heterocycles. The highest BCUT2D eigenvalue weighted by Crippen LogP contribution is 2.30. The van der Waals surface area contributed by atoms with E-state index in [4.69, 9.17) is 0 Å². The van der Waals surface area contributed by atoms with Gasteiger partial charge in [-0.2, -0.15) is 0 Å². The van der Waals surface area contributed by atoms with Crippen molar-refractivity contribution < 1.29 is 17.2 Å². The number of nitrogens with zero attached hydrogens (tertiary/aromatic N) is 1. The highest BCUT2D eigenvalue weighted by molar-refractivity contribution is 7.91. The SMILES string of the molecule is O=S1(=O)CCC(N2CCCC(F)(F)C2)C1. The maximum absolute atomic E-state index is 13.1. The summed E-state index contributed by atoms with van der Waals surface area (Å²) < 4.78 is 48.7. The van der Waals surface area contributed by atoms with E-state index in [1.165, 1.54) is 0 Å². The molecule has 2 rings (SSSR count). The average molecular weight is 239 g/mol. The molecule has 0 aliphatic carbocycles. The van der Waals surface area contributed by atoms with Crippen molar-refractivity contribution in [2.24, 2.45) is 0 Å². The van der Waals surface area contributed by atoms with Crippen LogP contribution in [-0.2, 0) is 9.84 Å². The smallest absolute Gasteiger partial charge is 0.260 e. The second-order valence-electron chi connectivity index (χ2n) is 4.49. The van der Waals surface area contributed by atoms with Gasteiger partial charge in [0.2, 0.25) is 0 Å². The summed E-state index contributed by atoms with van der Waals surface area (Å²) in [5.74, 6) is -2.42. The Balaban J connectivity index is 2.00. The first-order valence-electron chi connectivity index (χ1n) is 5.20. The molecule has 0 N–H and O–H groups in total. The molecule has 1 unspecified atom stereocenters. The number of sulfone groups is 1. The number of hydrogen-bond donors (Lipinski definition) is 0. The molecule has 0 aromatic rings. The van der Waals surface area contributed by atoms with Gasteiger partial charge in [0.05, 0.1) is 18.1 Å². The van der Waals surface area contributed by atoms with Crippen LogP contribution in [0.25, 0.3) is 0 Å². The topological polar surface area (TPSA) is 37.4 Å². The summed E-state index contributed by atoms with van der Waals surface area (Å²) in [7, 11) is -2.97. The minimum absolute atomic E-state index is 0.0586. The second kappa shape index (κ2) is 3.66. The first kappa shape index (κ1) is 11.3. The zero-order valence-corrected chi connectivity index (χ0v) is 9.27. The molecule has 0 aromatic carbocycles. The number of hydrogen-bond acceptors (Lipinski definition) is 3. The summed E-state index contributed by atoms with van der Waals surface area (Å²) in [6, 6.07) is -0.179. The number of alkyl halides is 2. The van der Waals surface area contributed by atoms with Gasteiger partial charge in [-0.1, -0.05) is 0 Å². The largest absolute Gasteiger partial charge is 0.293 e. The lowest BCUT2D eigenvalue weighted by Crippen LogP contribution is -2.48. The van der Waals surface area contributed by atoms with Crippen molar-refractivity contribution in [3.8, 4) is 0 Å². The van der Waals surface area contributed by atoms with Crippen molar-refractivity contribution in [1.82, 2.24) is 4.90 Å². The van der Waals surface area contributed by atoms with Gasteiger partial charge in [0.25, 0.3) is 5.92 Å². The fraction of sp³-hybridized carbons (Fsp3) is 1.00. The predicted octanol–water partition coefficient (Wildman–Crippen LogP) is 0.905. The quantitative estimate of drug-likeness (QED) is 0.682. The molecule has 0 aromatic heterocycles. The molecule has 1 atom stereocenters. The number of piperidine rings is 1. The molecule has 88 valence electrons. The third kappa shape index (κ3) is 2.66. The van der Waals surface area contributed by atoms with Crippen molar-refractivity contribution in [1.29, 1.82) is 0 Å². The van der Waals surface area contributed by atoms with Crippen LogP contribution in [0.1, 0.15) is 19.3 Å². The van der Waals surface area contributed by atoms with Gasteiger partial charge < -0.3 is 0 Å². The lowest BCUT2D eigenvalue weighted by atomic mass is 10.0. The van der Waals surface area contributed by atoms with Crippen molar-refractivity contribution in [2.75, 3.05) is 24.6 Å². The van der Waals surface area contributed by atoms with Crippen LogP contribution in [0.4, 0.5) is 8.78 Å². The average Bonchev–Trinajstić information content (AvgIpc) is 2.44. The monoisotopic (exact) mass is 239 g/mol. The van der Waals surface area contributed by atoms with Crippen molar-refractivity contribution >= 4 is 9.84 Å². The van der Waals surface area contributed by atoms with Crippen molar-refractivity contribution in [3.63, 3.8) is 0 Å². The molecule has 15 heavy (non-hydrogen) atoms. The van der Waals surface area contributed by atoms with E-state index in [9.17, 15) is 17.2 Å². The molecule has 2 saturated heterocycles. The van der Waals surface area contributed by atoms with E-state index in [1.54, 1.807) is 4.90 Å². The van der Waals surface area contributed by atoms with Gasteiger partial charge in [-0.05, 0) is 19.4 Å². The lowest BCUT2D eigenvalue weighted by molar-refractivity contribution is -0.0724. The van der Waals surface area contributed by atoms with Gasteiger partial charge >= 0.3 is 0 Å². The van der Waals surface area contributed by atoms with Crippen molar-refractivity contribution in [3.05, 3.63) is 0 Å². The van der Waals surface area contributed by atoms with E-state index >= 15 is 0 Å². The molecule has 0 saturated carbocycles. The minimum atomic E-state index is -2.97. The molecule has 0 radical (unpaired) electrons. The first-order chi connectivity index (χ1) is 6.88. The summed E-state index contributed by atoms with van der Waals surface area (Å²) >= 11 is 0. The molecule has 3 nitrogen and oxygen atoms in total. The third-order valence-electron chi connectivity index (χ3n) is 3.15. The molecular weight excluding hydrogens is 224 g/mol. The van der Waals surface area contributed by atoms with Gasteiger partial charge in [0.1, 0.15) is 0 Å². The Kier molecular flexibility index (Phi) is 2.75. The highest BCUT2D eigenvalue weighted by atomic mass is 32.2. The molecule has 2 aliphatic rings. The Bertz CT molecular complexity index is 342. The fourth-order valence-corrected chi connectivity index (χ4v) is 4.13. The summed E-state index contributed by atoms with van der Waals surface area (Å²) in [4.78, 5) is 1.65. The Morgan fingerprint density at radius 1 is 1.33 bits per heavy atom. The number of rotatable bonds is 1. The first-order valence-corrected chi connectivity index (χ1v) is 7.02. The molecule has 6 heteroatoms. The fourth-order valence-electron chi connectivity index (χ4n) is 2.37. The zero-order valence-electron chi connectivity index (χ0n) is 8.45. The summed E-state index contributed by atoms with van der Waals surface area (Å²) in [5.41, 5.74) is 0. The van der Waals surface area contributed by atoms with E-state index in [1.807, 2.05) is 0 Å². The minimum Gasteiger partial charge on any atom is -0.293 e. The standard InChI is InChI=1S/C9H15F2NO2S/c10-9(11)3-1-4-12(7-9)8-2-5-15(13,14)6-8/h8H,1-7H2. The van der Waals surface area contributed by atoms with Crippen LogP contribution in [0, 0.1) is 0 Å².